The van der Waals surface area contributed by atoms with Gasteiger partial charge in [0.1, 0.15) is 17.6 Å². The maximum atomic E-state index is 14.5. The molecular weight excluding hydrogens is 419 g/mol. The Hall–Kier alpha value is -3.83. The molecule has 1 aliphatic rings. The fourth-order valence-corrected chi connectivity index (χ4v) is 4.27. The van der Waals surface area contributed by atoms with Gasteiger partial charge >= 0.3 is 0 Å². The quantitative estimate of drug-likeness (QED) is 0.464. The minimum absolute atomic E-state index is 0.0113. The molecule has 2 aromatic heterocycles. The van der Waals surface area contributed by atoms with Gasteiger partial charge in [-0.3, -0.25) is 4.68 Å². The molecule has 8 heteroatoms. The van der Waals surface area contributed by atoms with Gasteiger partial charge in [0.2, 0.25) is 5.88 Å². The Morgan fingerprint density at radius 1 is 1.15 bits per heavy atom. The number of nitrogens with zero attached hydrogens (tertiary/aromatic N) is 6. The first kappa shape index (κ1) is 21.0. The molecule has 0 spiro atoms. The van der Waals surface area contributed by atoms with E-state index >= 15 is 0 Å². The molecular formula is C25H23FN6O. The third kappa shape index (κ3) is 4.28. The highest BCUT2D eigenvalue weighted by atomic mass is 19.1. The molecule has 0 aliphatic carbocycles. The summed E-state index contributed by atoms with van der Waals surface area (Å²) in [4.78, 5) is 11.7. The second kappa shape index (κ2) is 8.60. The average Bonchev–Trinajstić information content (AvgIpc) is 3.40. The van der Waals surface area contributed by atoms with E-state index in [0.29, 0.717) is 35.4 Å². The molecule has 1 fully saturated rings. The summed E-state index contributed by atoms with van der Waals surface area (Å²) >= 11 is 0. The van der Waals surface area contributed by atoms with Crippen LogP contribution >= 0.6 is 0 Å². The van der Waals surface area contributed by atoms with Crippen LogP contribution in [0.3, 0.4) is 0 Å². The van der Waals surface area contributed by atoms with Crippen molar-refractivity contribution in [1.82, 2.24) is 24.6 Å². The van der Waals surface area contributed by atoms with Gasteiger partial charge in [-0.1, -0.05) is 12.1 Å². The molecule has 0 amide bonds. The van der Waals surface area contributed by atoms with E-state index in [1.807, 2.05) is 37.5 Å². The first-order valence-electron chi connectivity index (χ1n) is 10.8. The van der Waals surface area contributed by atoms with Crippen LogP contribution in [-0.2, 0) is 7.05 Å². The number of likely N-dealkylation sites (tertiary alicyclic amines) is 1. The SMILES string of the molecule is CN1CCC(COc2cnc(-c3ccc4nn(C)cc4c3)c(-c3ccc(C#N)c(F)c3)n2)C1. The van der Waals surface area contributed by atoms with Gasteiger partial charge in [0, 0.05) is 42.2 Å². The van der Waals surface area contributed by atoms with Gasteiger partial charge in [-0.15, -0.1) is 0 Å². The second-order valence-electron chi connectivity index (χ2n) is 8.52. The molecule has 3 heterocycles. The molecule has 1 unspecified atom stereocenters. The highest BCUT2D eigenvalue weighted by Crippen LogP contribution is 2.33. The van der Waals surface area contributed by atoms with Crippen molar-refractivity contribution in [1.29, 1.82) is 5.26 Å². The van der Waals surface area contributed by atoms with Crippen molar-refractivity contribution in [3.8, 4) is 34.5 Å². The largest absolute Gasteiger partial charge is 0.476 e. The highest BCUT2D eigenvalue weighted by molar-refractivity contribution is 5.87. The summed E-state index contributed by atoms with van der Waals surface area (Å²) in [5.41, 5.74) is 3.35. The standard InChI is InChI=1S/C25H23FN6O/c1-31-8-7-16(13-31)15-33-23-12-28-24(17-5-6-22-20(9-17)14-32(2)30-22)25(29-23)18-3-4-19(11-27)21(26)10-18/h3-6,9-10,12,14,16H,7-8,13,15H2,1-2H3. The zero-order valence-corrected chi connectivity index (χ0v) is 18.5. The van der Waals surface area contributed by atoms with Crippen molar-refractivity contribution in [2.24, 2.45) is 13.0 Å². The number of aromatic nitrogens is 4. The lowest BCUT2D eigenvalue weighted by molar-refractivity contribution is 0.240. The van der Waals surface area contributed by atoms with Gasteiger partial charge in [0.25, 0.3) is 0 Å². The van der Waals surface area contributed by atoms with Crippen LogP contribution in [0.2, 0.25) is 0 Å². The lowest BCUT2D eigenvalue weighted by atomic mass is 10.0. The van der Waals surface area contributed by atoms with Gasteiger partial charge < -0.3 is 9.64 Å². The van der Waals surface area contributed by atoms with E-state index < -0.39 is 5.82 Å². The summed E-state index contributed by atoms with van der Waals surface area (Å²) < 4.78 is 22.2. The van der Waals surface area contributed by atoms with Crippen LogP contribution < -0.4 is 4.74 Å². The molecule has 5 rings (SSSR count). The summed E-state index contributed by atoms with van der Waals surface area (Å²) in [5, 5.41) is 14.5. The Balaban J connectivity index is 1.55. The van der Waals surface area contributed by atoms with Gasteiger partial charge in [0.15, 0.2) is 0 Å². The lowest BCUT2D eigenvalue weighted by Crippen LogP contribution is -2.18. The van der Waals surface area contributed by atoms with Crippen LogP contribution in [0.25, 0.3) is 33.4 Å². The van der Waals surface area contributed by atoms with Crippen molar-refractivity contribution in [3.05, 3.63) is 60.2 Å². The maximum Gasteiger partial charge on any atom is 0.232 e. The summed E-state index contributed by atoms with van der Waals surface area (Å²) in [6, 6.07) is 12.2. The molecule has 0 radical (unpaired) electrons. The number of ether oxygens (including phenoxy) is 1. The Morgan fingerprint density at radius 2 is 1.97 bits per heavy atom. The number of hydrogen-bond donors (Lipinski definition) is 0. The highest BCUT2D eigenvalue weighted by Gasteiger charge is 2.21. The first-order valence-corrected chi connectivity index (χ1v) is 10.8. The Bertz CT molecular complexity index is 1380. The van der Waals surface area contributed by atoms with Crippen molar-refractivity contribution < 1.29 is 9.13 Å². The molecule has 4 aromatic rings. The van der Waals surface area contributed by atoms with Gasteiger partial charge in [0.05, 0.1) is 29.6 Å². The Kier molecular flexibility index (Phi) is 5.48. The van der Waals surface area contributed by atoms with Crippen LogP contribution in [0, 0.1) is 23.1 Å². The van der Waals surface area contributed by atoms with Crippen molar-refractivity contribution in [3.63, 3.8) is 0 Å². The van der Waals surface area contributed by atoms with Crippen LogP contribution in [0.15, 0.2) is 48.8 Å². The molecule has 1 atom stereocenters. The van der Waals surface area contributed by atoms with Crippen molar-refractivity contribution in [2.75, 3.05) is 26.7 Å². The number of aryl methyl sites for hydroxylation is 1. The maximum absolute atomic E-state index is 14.5. The number of hydrogen-bond acceptors (Lipinski definition) is 6. The van der Waals surface area contributed by atoms with Gasteiger partial charge in [-0.25, -0.2) is 14.4 Å². The third-order valence-corrected chi connectivity index (χ3v) is 5.96. The Labute approximate surface area is 191 Å². The van der Waals surface area contributed by atoms with Crippen molar-refractivity contribution >= 4 is 10.9 Å². The molecule has 0 N–H and O–H groups in total. The minimum atomic E-state index is -0.592. The minimum Gasteiger partial charge on any atom is -0.476 e. The lowest BCUT2D eigenvalue weighted by Gasteiger charge is -2.14. The number of halogens is 1. The number of nitriles is 1. The molecule has 0 saturated carbocycles. The monoisotopic (exact) mass is 442 g/mol. The van der Waals surface area contributed by atoms with Crippen LogP contribution in [0.4, 0.5) is 4.39 Å². The van der Waals surface area contributed by atoms with E-state index in [1.165, 1.54) is 12.1 Å². The van der Waals surface area contributed by atoms with Crippen LogP contribution in [0.1, 0.15) is 12.0 Å². The molecule has 1 saturated heterocycles. The van der Waals surface area contributed by atoms with E-state index in [2.05, 4.69) is 22.0 Å². The second-order valence-corrected chi connectivity index (χ2v) is 8.52. The first-order chi connectivity index (χ1) is 16.0. The smallest absolute Gasteiger partial charge is 0.232 e. The summed E-state index contributed by atoms with van der Waals surface area (Å²) in [6.45, 7) is 2.61. The van der Waals surface area contributed by atoms with Crippen LogP contribution in [-0.4, -0.2) is 51.4 Å². The van der Waals surface area contributed by atoms with E-state index in [9.17, 15) is 4.39 Å². The summed E-state index contributed by atoms with van der Waals surface area (Å²) in [5.74, 6) is 0.251. The number of benzene rings is 2. The predicted molar refractivity (Wildman–Crippen MR) is 123 cm³/mol. The van der Waals surface area contributed by atoms with E-state index in [1.54, 1.807) is 16.9 Å². The normalized spacial score (nSPS) is 16.2. The van der Waals surface area contributed by atoms with Crippen molar-refractivity contribution in [2.45, 2.75) is 6.42 Å². The fourth-order valence-electron chi connectivity index (χ4n) is 4.27. The number of rotatable bonds is 5. The van der Waals surface area contributed by atoms with E-state index in [4.69, 9.17) is 15.0 Å². The summed E-state index contributed by atoms with van der Waals surface area (Å²) in [6.07, 6.45) is 4.63. The molecule has 1 aliphatic heterocycles. The van der Waals surface area contributed by atoms with Gasteiger partial charge in [-0.2, -0.15) is 10.4 Å². The Morgan fingerprint density at radius 3 is 2.73 bits per heavy atom. The molecule has 7 nitrogen and oxygen atoms in total. The molecule has 2 aromatic carbocycles. The van der Waals surface area contributed by atoms with E-state index in [0.717, 1.165) is 36.0 Å². The van der Waals surface area contributed by atoms with Crippen LogP contribution in [0.5, 0.6) is 5.88 Å². The predicted octanol–water partition coefficient (Wildman–Crippen LogP) is 4.04. The average molecular weight is 442 g/mol. The topological polar surface area (TPSA) is 79.9 Å². The van der Waals surface area contributed by atoms with E-state index in [-0.39, 0.29) is 5.56 Å². The molecule has 166 valence electrons. The zero-order valence-electron chi connectivity index (χ0n) is 18.5. The molecule has 33 heavy (non-hydrogen) atoms. The number of fused-ring (bicyclic) bond motifs is 1. The summed E-state index contributed by atoms with van der Waals surface area (Å²) in [7, 11) is 3.98. The van der Waals surface area contributed by atoms with Gasteiger partial charge in [-0.05, 0) is 44.3 Å². The molecule has 0 bridgehead atoms. The third-order valence-electron chi connectivity index (χ3n) is 5.96. The zero-order chi connectivity index (χ0) is 22.9. The fraction of sp³-hybridized carbons (Fsp3) is 0.280.